The van der Waals surface area contributed by atoms with E-state index in [0.717, 1.165) is 31.7 Å². The number of ether oxygens (including phenoxy) is 1. The van der Waals surface area contributed by atoms with Crippen LogP contribution in [0.15, 0.2) is 24.3 Å². The van der Waals surface area contributed by atoms with E-state index in [4.69, 9.17) is 14.0 Å². The maximum absolute atomic E-state index is 6.15. The predicted octanol–water partition coefficient (Wildman–Crippen LogP) is 2.81. The lowest BCUT2D eigenvalue weighted by molar-refractivity contribution is 0.00578. The lowest BCUT2D eigenvalue weighted by Gasteiger charge is -2.32. The molecule has 0 N–H and O–H groups in total. The van der Waals surface area contributed by atoms with Crippen molar-refractivity contribution >= 4 is 12.6 Å². The van der Waals surface area contributed by atoms with Gasteiger partial charge < -0.3 is 18.9 Å². The summed E-state index contributed by atoms with van der Waals surface area (Å²) < 4.78 is 17.5. The Bertz CT molecular complexity index is 549. The molecule has 0 saturated carbocycles. The molecule has 3 rings (SSSR count). The Hall–Kier alpha value is -0.875. The van der Waals surface area contributed by atoms with Crippen molar-refractivity contribution in [3.8, 4) is 0 Å². The number of hydrogen-bond donors (Lipinski definition) is 0. The number of hydrogen-bond acceptors (Lipinski definition) is 4. The van der Waals surface area contributed by atoms with Crippen molar-refractivity contribution in [1.82, 2.24) is 4.90 Å². The minimum atomic E-state index is -0.286. The van der Waals surface area contributed by atoms with Gasteiger partial charge in [0.15, 0.2) is 0 Å². The summed E-state index contributed by atoms with van der Waals surface area (Å²) in [4.78, 5) is 2.50. The van der Waals surface area contributed by atoms with E-state index in [9.17, 15) is 0 Å². The Morgan fingerprint density at radius 1 is 1.04 bits per heavy atom. The second-order valence-corrected chi connectivity index (χ2v) is 8.36. The van der Waals surface area contributed by atoms with E-state index in [1.54, 1.807) is 7.11 Å². The summed E-state index contributed by atoms with van der Waals surface area (Å²) in [6.07, 6.45) is 2.44. The minimum Gasteiger partial charge on any atom is -0.399 e. The molecule has 0 aromatic heterocycles. The minimum absolute atomic E-state index is 0.269. The molecule has 2 aliphatic rings. The van der Waals surface area contributed by atoms with Gasteiger partial charge in [-0.05, 0) is 70.6 Å². The monoisotopic (exact) mass is 345 g/mol. The van der Waals surface area contributed by atoms with Crippen LogP contribution in [0.25, 0.3) is 0 Å². The molecule has 0 spiro atoms. The quantitative estimate of drug-likeness (QED) is 0.768. The first kappa shape index (κ1) is 18.9. The van der Waals surface area contributed by atoms with Crippen LogP contribution in [0, 0.1) is 0 Å². The molecule has 0 aliphatic carbocycles. The second-order valence-electron chi connectivity index (χ2n) is 8.36. The van der Waals surface area contributed by atoms with E-state index in [1.165, 1.54) is 18.4 Å². The summed E-state index contributed by atoms with van der Waals surface area (Å²) in [5.74, 6) is 0.658. The third-order valence-electron chi connectivity index (χ3n) is 6.13. The van der Waals surface area contributed by atoms with Gasteiger partial charge in [0.2, 0.25) is 0 Å². The van der Waals surface area contributed by atoms with Gasteiger partial charge in [-0.15, -0.1) is 0 Å². The normalized spacial score (nSPS) is 24.0. The Morgan fingerprint density at radius 3 is 2.12 bits per heavy atom. The van der Waals surface area contributed by atoms with Crippen molar-refractivity contribution in [2.24, 2.45) is 0 Å². The van der Waals surface area contributed by atoms with Crippen LogP contribution in [0.1, 0.15) is 52.0 Å². The van der Waals surface area contributed by atoms with E-state index < -0.39 is 0 Å². The van der Waals surface area contributed by atoms with Gasteiger partial charge in [-0.25, -0.2) is 0 Å². The highest BCUT2D eigenvalue weighted by Gasteiger charge is 2.51. The zero-order chi connectivity index (χ0) is 18.1. The molecule has 138 valence electrons. The highest BCUT2D eigenvalue weighted by atomic mass is 16.7. The zero-order valence-corrected chi connectivity index (χ0v) is 16.4. The molecule has 0 atom stereocenters. The van der Waals surface area contributed by atoms with Gasteiger partial charge in [-0.2, -0.15) is 0 Å². The number of piperidine rings is 1. The summed E-state index contributed by atoms with van der Waals surface area (Å²) in [6.45, 7) is 12.6. The molecular weight excluding hydrogens is 313 g/mol. The molecule has 2 heterocycles. The Morgan fingerprint density at radius 2 is 1.60 bits per heavy atom. The summed E-state index contributed by atoms with van der Waals surface area (Å²) in [5, 5.41) is 0. The molecular formula is C20H32BNO3. The molecule has 2 aliphatic heterocycles. The van der Waals surface area contributed by atoms with E-state index in [1.807, 2.05) is 0 Å². The first-order chi connectivity index (χ1) is 11.8. The standard InChI is InChI=1S/C20H32BNO3/c1-19(2)20(3,4)25-21(24-19)18-8-6-16(7-9-18)17-10-12-22(13-11-17)14-15-23-5/h6-9,17H,10-15H2,1-5H3. The van der Waals surface area contributed by atoms with E-state index in [0.29, 0.717) is 5.92 Å². The molecule has 0 radical (unpaired) electrons. The first-order valence-electron chi connectivity index (χ1n) is 9.49. The van der Waals surface area contributed by atoms with Crippen LogP contribution in [0.2, 0.25) is 0 Å². The Kier molecular flexibility index (Phi) is 5.59. The largest absolute Gasteiger partial charge is 0.494 e. The second kappa shape index (κ2) is 7.39. The SMILES string of the molecule is COCCN1CCC(c2ccc(B3OC(C)(C)C(C)(C)O3)cc2)CC1. The summed E-state index contributed by atoms with van der Waals surface area (Å²) in [5.41, 5.74) is 1.98. The van der Waals surface area contributed by atoms with Crippen LogP contribution in [0.4, 0.5) is 0 Å². The van der Waals surface area contributed by atoms with Crippen LogP contribution in [-0.4, -0.2) is 56.6 Å². The van der Waals surface area contributed by atoms with Crippen molar-refractivity contribution in [3.63, 3.8) is 0 Å². The highest BCUT2D eigenvalue weighted by Crippen LogP contribution is 2.36. The summed E-state index contributed by atoms with van der Waals surface area (Å²) in [6, 6.07) is 8.87. The van der Waals surface area contributed by atoms with Gasteiger partial charge >= 0.3 is 7.12 Å². The molecule has 0 unspecified atom stereocenters. The lowest BCUT2D eigenvalue weighted by Crippen LogP contribution is -2.41. The Balaban J connectivity index is 1.59. The third kappa shape index (κ3) is 4.11. The van der Waals surface area contributed by atoms with Crippen molar-refractivity contribution in [2.75, 3.05) is 33.4 Å². The van der Waals surface area contributed by atoms with Gasteiger partial charge in [-0.1, -0.05) is 24.3 Å². The van der Waals surface area contributed by atoms with Gasteiger partial charge in [0.25, 0.3) is 0 Å². The number of likely N-dealkylation sites (tertiary alicyclic amines) is 1. The third-order valence-corrected chi connectivity index (χ3v) is 6.13. The molecule has 4 nitrogen and oxygen atoms in total. The van der Waals surface area contributed by atoms with Crippen LogP contribution in [0.3, 0.4) is 0 Å². The number of benzene rings is 1. The number of nitrogens with zero attached hydrogens (tertiary/aromatic N) is 1. The van der Waals surface area contributed by atoms with Gasteiger partial charge in [-0.3, -0.25) is 0 Å². The van der Waals surface area contributed by atoms with Gasteiger partial charge in [0.1, 0.15) is 0 Å². The van der Waals surface area contributed by atoms with Crippen molar-refractivity contribution in [1.29, 1.82) is 0 Å². The Labute approximate surface area is 153 Å². The van der Waals surface area contributed by atoms with Crippen molar-refractivity contribution < 1.29 is 14.0 Å². The molecule has 0 amide bonds. The van der Waals surface area contributed by atoms with E-state index >= 15 is 0 Å². The lowest BCUT2D eigenvalue weighted by atomic mass is 9.77. The zero-order valence-electron chi connectivity index (χ0n) is 16.4. The average Bonchev–Trinajstić information content (AvgIpc) is 2.81. The topological polar surface area (TPSA) is 30.9 Å². The van der Waals surface area contributed by atoms with Crippen molar-refractivity contribution in [3.05, 3.63) is 29.8 Å². The summed E-state index contributed by atoms with van der Waals surface area (Å²) in [7, 11) is 1.50. The summed E-state index contributed by atoms with van der Waals surface area (Å²) >= 11 is 0. The fourth-order valence-electron chi connectivity index (χ4n) is 3.61. The van der Waals surface area contributed by atoms with Crippen LogP contribution >= 0.6 is 0 Å². The number of rotatable bonds is 5. The van der Waals surface area contributed by atoms with Gasteiger partial charge in [0.05, 0.1) is 17.8 Å². The molecule has 1 aromatic carbocycles. The molecule has 5 heteroatoms. The van der Waals surface area contributed by atoms with Crippen LogP contribution < -0.4 is 5.46 Å². The smallest absolute Gasteiger partial charge is 0.399 e. The van der Waals surface area contributed by atoms with Crippen molar-refractivity contribution in [2.45, 2.75) is 57.7 Å². The van der Waals surface area contributed by atoms with Crippen LogP contribution in [0.5, 0.6) is 0 Å². The maximum atomic E-state index is 6.15. The maximum Gasteiger partial charge on any atom is 0.494 e. The molecule has 1 aromatic rings. The van der Waals surface area contributed by atoms with E-state index in [-0.39, 0.29) is 18.3 Å². The molecule has 2 fully saturated rings. The first-order valence-corrected chi connectivity index (χ1v) is 9.49. The molecule has 25 heavy (non-hydrogen) atoms. The average molecular weight is 345 g/mol. The number of methoxy groups -OCH3 is 1. The molecule has 2 saturated heterocycles. The van der Waals surface area contributed by atoms with Gasteiger partial charge in [0, 0.05) is 13.7 Å². The highest BCUT2D eigenvalue weighted by molar-refractivity contribution is 6.62. The predicted molar refractivity (Wildman–Crippen MR) is 102 cm³/mol. The van der Waals surface area contributed by atoms with E-state index in [2.05, 4.69) is 56.9 Å². The fraction of sp³-hybridized carbons (Fsp3) is 0.700. The molecule has 0 bridgehead atoms. The fourth-order valence-corrected chi connectivity index (χ4v) is 3.61. The van der Waals surface area contributed by atoms with Crippen LogP contribution in [-0.2, 0) is 14.0 Å².